The molecule has 1 aliphatic heterocycles. The van der Waals surface area contributed by atoms with Crippen molar-refractivity contribution in [1.29, 1.82) is 0 Å². The van der Waals surface area contributed by atoms with Crippen molar-refractivity contribution >= 4 is 17.3 Å². The summed E-state index contributed by atoms with van der Waals surface area (Å²) < 4.78 is 15.9. The van der Waals surface area contributed by atoms with Gasteiger partial charge in [-0.15, -0.1) is 0 Å². The van der Waals surface area contributed by atoms with Crippen LogP contribution in [0.1, 0.15) is 16.1 Å². The molecule has 2 N–H and O–H groups in total. The van der Waals surface area contributed by atoms with Gasteiger partial charge in [-0.05, 0) is 42.0 Å². The Labute approximate surface area is 162 Å². The molecule has 28 heavy (non-hydrogen) atoms. The van der Waals surface area contributed by atoms with E-state index in [9.17, 15) is 4.79 Å². The highest BCUT2D eigenvalue weighted by molar-refractivity contribution is 5.92. The fraction of sp³-hybridized carbons (Fsp3) is 0.143. The average Bonchev–Trinajstić information content (AvgIpc) is 3.21. The van der Waals surface area contributed by atoms with E-state index in [1.807, 2.05) is 42.5 Å². The van der Waals surface area contributed by atoms with Gasteiger partial charge in [0, 0.05) is 6.54 Å². The summed E-state index contributed by atoms with van der Waals surface area (Å²) in [6.07, 6.45) is 1.61. The maximum atomic E-state index is 12.4. The van der Waals surface area contributed by atoms with Gasteiger partial charge in [-0.2, -0.15) is 0 Å². The van der Waals surface area contributed by atoms with E-state index in [2.05, 4.69) is 15.6 Å². The first kappa shape index (κ1) is 17.7. The predicted molar refractivity (Wildman–Crippen MR) is 104 cm³/mol. The van der Waals surface area contributed by atoms with E-state index in [1.54, 1.807) is 25.4 Å². The van der Waals surface area contributed by atoms with Gasteiger partial charge in [0.2, 0.25) is 6.79 Å². The number of anilines is 2. The van der Waals surface area contributed by atoms with E-state index in [1.165, 1.54) is 0 Å². The minimum atomic E-state index is -0.249. The molecule has 1 aliphatic rings. The maximum Gasteiger partial charge on any atom is 0.270 e. The van der Waals surface area contributed by atoms with Gasteiger partial charge < -0.3 is 24.8 Å². The summed E-state index contributed by atoms with van der Waals surface area (Å²) in [5, 5.41) is 6.08. The lowest BCUT2D eigenvalue weighted by Gasteiger charge is -2.11. The number of carbonyl (C=O) groups is 1. The first-order valence-corrected chi connectivity index (χ1v) is 8.76. The Bertz CT molecular complexity index is 989. The highest BCUT2D eigenvalue weighted by Crippen LogP contribution is 2.32. The zero-order valence-corrected chi connectivity index (χ0v) is 15.3. The van der Waals surface area contributed by atoms with Gasteiger partial charge in [0.15, 0.2) is 11.5 Å². The molecule has 2 heterocycles. The molecule has 2 aromatic carbocycles. The van der Waals surface area contributed by atoms with Crippen LogP contribution in [0.15, 0.2) is 60.8 Å². The lowest BCUT2D eigenvalue weighted by molar-refractivity contribution is 0.0946. The molecule has 0 unspecified atom stereocenters. The first-order chi connectivity index (χ1) is 13.7. The lowest BCUT2D eigenvalue weighted by Crippen LogP contribution is -2.23. The second-order valence-electron chi connectivity index (χ2n) is 6.13. The SMILES string of the molecule is COc1ccccc1Nc1ccc(C(=O)NCc2ccc3c(c2)OCO3)nc1. The Morgan fingerprint density at radius 1 is 1.11 bits per heavy atom. The van der Waals surface area contributed by atoms with E-state index in [0.29, 0.717) is 18.0 Å². The molecule has 1 amide bonds. The van der Waals surface area contributed by atoms with E-state index in [0.717, 1.165) is 28.4 Å². The highest BCUT2D eigenvalue weighted by Gasteiger charge is 2.14. The van der Waals surface area contributed by atoms with Crippen LogP contribution in [-0.2, 0) is 6.54 Å². The number of aromatic nitrogens is 1. The maximum absolute atomic E-state index is 12.4. The van der Waals surface area contributed by atoms with Crippen LogP contribution in [0.4, 0.5) is 11.4 Å². The fourth-order valence-electron chi connectivity index (χ4n) is 2.83. The molecule has 4 rings (SSSR count). The van der Waals surface area contributed by atoms with Crippen molar-refractivity contribution in [2.75, 3.05) is 19.2 Å². The van der Waals surface area contributed by atoms with Crippen LogP contribution < -0.4 is 24.8 Å². The summed E-state index contributed by atoms with van der Waals surface area (Å²) >= 11 is 0. The molecule has 0 spiro atoms. The van der Waals surface area contributed by atoms with Crippen LogP contribution >= 0.6 is 0 Å². The van der Waals surface area contributed by atoms with E-state index >= 15 is 0 Å². The number of hydrogen-bond donors (Lipinski definition) is 2. The molecular formula is C21H19N3O4. The molecule has 0 saturated carbocycles. The molecule has 0 saturated heterocycles. The van der Waals surface area contributed by atoms with Crippen LogP contribution in [0.5, 0.6) is 17.2 Å². The summed E-state index contributed by atoms with van der Waals surface area (Å²) in [7, 11) is 1.62. The van der Waals surface area contributed by atoms with E-state index in [4.69, 9.17) is 14.2 Å². The highest BCUT2D eigenvalue weighted by atomic mass is 16.7. The van der Waals surface area contributed by atoms with Gasteiger partial charge in [-0.3, -0.25) is 4.79 Å². The Morgan fingerprint density at radius 2 is 1.96 bits per heavy atom. The number of nitrogens with one attached hydrogen (secondary N) is 2. The van der Waals surface area contributed by atoms with Crippen molar-refractivity contribution in [2.24, 2.45) is 0 Å². The monoisotopic (exact) mass is 377 g/mol. The van der Waals surface area contributed by atoms with Crippen LogP contribution in [0.2, 0.25) is 0 Å². The van der Waals surface area contributed by atoms with E-state index < -0.39 is 0 Å². The largest absolute Gasteiger partial charge is 0.495 e. The van der Waals surface area contributed by atoms with Crippen molar-refractivity contribution in [2.45, 2.75) is 6.54 Å². The lowest BCUT2D eigenvalue weighted by atomic mass is 10.2. The van der Waals surface area contributed by atoms with Crippen LogP contribution in [-0.4, -0.2) is 24.8 Å². The summed E-state index contributed by atoms with van der Waals surface area (Å²) in [5.41, 5.74) is 2.85. The zero-order chi connectivity index (χ0) is 19.3. The molecule has 7 heteroatoms. The third-order valence-electron chi connectivity index (χ3n) is 4.27. The predicted octanol–water partition coefficient (Wildman–Crippen LogP) is 3.49. The van der Waals surface area contributed by atoms with Crippen molar-refractivity contribution in [3.8, 4) is 17.2 Å². The molecule has 0 fully saturated rings. The zero-order valence-electron chi connectivity index (χ0n) is 15.3. The molecule has 0 radical (unpaired) electrons. The number of fused-ring (bicyclic) bond motifs is 1. The number of carbonyl (C=O) groups excluding carboxylic acids is 1. The number of rotatable bonds is 6. The second-order valence-corrected chi connectivity index (χ2v) is 6.13. The van der Waals surface area contributed by atoms with Crippen molar-refractivity contribution in [3.63, 3.8) is 0 Å². The minimum Gasteiger partial charge on any atom is -0.495 e. The van der Waals surface area contributed by atoms with Gasteiger partial charge in [-0.1, -0.05) is 18.2 Å². The number of para-hydroxylation sites is 2. The summed E-state index contributed by atoms with van der Waals surface area (Å²) in [4.78, 5) is 16.6. The van der Waals surface area contributed by atoms with Crippen LogP contribution in [0, 0.1) is 0 Å². The molecule has 3 aromatic rings. The van der Waals surface area contributed by atoms with Gasteiger partial charge in [-0.25, -0.2) is 4.98 Å². The van der Waals surface area contributed by atoms with Crippen LogP contribution in [0.25, 0.3) is 0 Å². The molecule has 142 valence electrons. The molecule has 7 nitrogen and oxygen atoms in total. The third kappa shape index (κ3) is 3.83. The Morgan fingerprint density at radius 3 is 2.79 bits per heavy atom. The van der Waals surface area contributed by atoms with Crippen molar-refractivity contribution in [3.05, 3.63) is 72.1 Å². The Kier molecular flexibility index (Phi) is 4.97. The number of ether oxygens (including phenoxy) is 3. The summed E-state index contributed by atoms with van der Waals surface area (Å²) in [6.45, 7) is 0.600. The van der Waals surface area contributed by atoms with Gasteiger partial charge in [0.1, 0.15) is 11.4 Å². The second kappa shape index (κ2) is 7.87. The topological polar surface area (TPSA) is 81.7 Å². The Hall–Kier alpha value is -3.74. The number of pyridine rings is 1. The molecular weight excluding hydrogens is 358 g/mol. The van der Waals surface area contributed by atoms with Crippen molar-refractivity contribution in [1.82, 2.24) is 10.3 Å². The summed E-state index contributed by atoms with van der Waals surface area (Å²) in [6, 6.07) is 16.6. The molecule has 1 aromatic heterocycles. The third-order valence-corrected chi connectivity index (χ3v) is 4.27. The number of methoxy groups -OCH3 is 1. The van der Waals surface area contributed by atoms with E-state index in [-0.39, 0.29) is 12.7 Å². The smallest absolute Gasteiger partial charge is 0.270 e. The quantitative estimate of drug-likeness (QED) is 0.684. The first-order valence-electron chi connectivity index (χ1n) is 8.76. The standard InChI is InChI=1S/C21H19N3O4/c1-26-18-5-3-2-4-16(18)24-15-7-8-17(22-12-15)21(25)23-11-14-6-9-19-20(10-14)28-13-27-19/h2-10,12,24H,11,13H2,1H3,(H,23,25). The summed E-state index contributed by atoms with van der Waals surface area (Å²) in [5.74, 6) is 1.89. The van der Waals surface area contributed by atoms with Crippen molar-refractivity contribution < 1.29 is 19.0 Å². The molecule has 0 atom stereocenters. The normalized spacial score (nSPS) is 11.8. The number of hydrogen-bond acceptors (Lipinski definition) is 6. The number of amides is 1. The number of nitrogens with zero attached hydrogens (tertiary/aromatic N) is 1. The van der Waals surface area contributed by atoms with Crippen LogP contribution in [0.3, 0.4) is 0 Å². The number of benzene rings is 2. The minimum absolute atomic E-state index is 0.226. The average molecular weight is 377 g/mol. The molecule has 0 aliphatic carbocycles. The van der Waals surface area contributed by atoms with Gasteiger partial charge in [0.25, 0.3) is 5.91 Å². The van der Waals surface area contributed by atoms with Gasteiger partial charge >= 0.3 is 0 Å². The fourth-order valence-corrected chi connectivity index (χ4v) is 2.83. The van der Waals surface area contributed by atoms with Gasteiger partial charge in [0.05, 0.1) is 24.7 Å². The molecule has 0 bridgehead atoms. The Balaban J connectivity index is 1.37.